The van der Waals surface area contributed by atoms with Crippen LogP contribution in [0.4, 0.5) is 0 Å². The Hall–Kier alpha value is 0.130. The largest absolute Gasteiger partial charge is 0.479 e. The SMILES string of the molecule is CCCSC(N)(CS)C(=O)O. The van der Waals surface area contributed by atoms with Crippen LogP contribution in [0.1, 0.15) is 13.3 Å². The molecule has 11 heavy (non-hydrogen) atoms. The molecule has 0 radical (unpaired) electrons. The predicted molar refractivity (Wildman–Crippen MR) is 51.2 cm³/mol. The first kappa shape index (κ1) is 11.1. The van der Waals surface area contributed by atoms with Crippen LogP contribution in [-0.4, -0.2) is 27.5 Å². The summed E-state index contributed by atoms with van der Waals surface area (Å²) in [5.74, 6) is -0.0814. The number of nitrogens with two attached hydrogens (primary N) is 1. The summed E-state index contributed by atoms with van der Waals surface area (Å²) in [6.45, 7) is 1.98. The van der Waals surface area contributed by atoms with E-state index >= 15 is 0 Å². The molecule has 0 aliphatic heterocycles. The van der Waals surface area contributed by atoms with E-state index in [9.17, 15) is 4.79 Å². The van der Waals surface area contributed by atoms with E-state index in [0.717, 1.165) is 12.2 Å². The number of thiol groups is 1. The van der Waals surface area contributed by atoms with Gasteiger partial charge in [0, 0.05) is 5.75 Å². The summed E-state index contributed by atoms with van der Waals surface area (Å²) in [6, 6.07) is 0. The van der Waals surface area contributed by atoms with Gasteiger partial charge in [-0.1, -0.05) is 6.92 Å². The third-order valence-electron chi connectivity index (χ3n) is 1.16. The molecule has 0 fully saturated rings. The average molecular weight is 195 g/mol. The van der Waals surface area contributed by atoms with Crippen molar-refractivity contribution in [1.29, 1.82) is 0 Å². The van der Waals surface area contributed by atoms with E-state index in [1.54, 1.807) is 0 Å². The van der Waals surface area contributed by atoms with Gasteiger partial charge in [0.1, 0.15) is 0 Å². The molecule has 0 aliphatic carbocycles. The smallest absolute Gasteiger partial charge is 0.335 e. The lowest BCUT2D eigenvalue weighted by molar-refractivity contribution is -0.139. The number of aliphatic carboxylic acids is 1. The Balaban J connectivity index is 3.99. The number of carboxylic acids is 1. The minimum atomic E-state index is -1.21. The van der Waals surface area contributed by atoms with Gasteiger partial charge in [0.15, 0.2) is 4.87 Å². The van der Waals surface area contributed by atoms with Crippen LogP contribution in [-0.2, 0) is 4.79 Å². The lowest BCUT2D eigenvalue weighted by Crippen LogP contribution is -2.46. The number of hydrogen-bond acceptors (Lipinski definition) is 4. The quantitative estimate of drug-likeness (QED) is 0.448. The highest BCUT2D eigenvalue weighted by atomic mass is 32.2. The molecule has 0 saturated heterocycles. The van der Waals surface area contributed by atoms with E-state index in [1.165, 1.54) is 11.8 Å². The highest BCUT2D eigenvalue weighted by Crippen LogP contribution is 2.21. The Kier molecular flexibility index (Phi) is 4.96. The summed E-state index contributed by atoms with van der Waals surface area (Å²) >= 11 is 5.12. The van der Waals surface area contributed by atoms with Crippen molar-refractivity contribution in [2.75, 3.05) is 11.5 Å². The van der Waals surface area contributed by atoms with E-state index < -0.39 is 10.8 Å². The Morgan fingerprint density at radius 1 is 1.82 bits per heavy atom. The number of hydrogen-bond donors (Lipinski definition) is 3. The van der Waals surface area contributed by atoms with Crippen molar-refractivity contribution in [1.82, 2.24) is 0 Å². The van der Waals surface area contributed by atoms with E-state index in [0.29, 0.717) is 0 Å². The van der Waals surface area contributed by atoms with E-state index in [2.05, 4.69) is 12.6 Å². The molecule has 0 aliphatic rings. The third-order valence-corrected chi connectivity index (χ3v) is 3.32. The molecular weight excluding hydrogens is 182 g/mol. The highest BCUT2D eigenvalue weighted by molar-refractivity contribution is 8.02. The first-order valence-electron chi connectivity index (χ1n) is 3.34. The van der Waals surface area contributed by atoms with Crippen molar-refractivity contribution in [2.45, 2.75) is 18.2 Å². The number of thioether (sulfide) groups is 1. The van der Waals surface area contributed by atoms with Gasteiger partial charge >= 0.3 is 5.97 Å². The predicted octanol–water partition coefficient (Wildman–Crippen LogP) is 0.799. The summed E-state index contributed by atoms with van der Waals surface area (Å²) in [4.78, 5) is 9.35. The number of carboxylic acid groups (broad SMARTS) is 1. The summed E-state index contributed by atoms with van der Waals surface area (Å²) in [6.07, 6.45) is 0.921. The second kappa shape index (κ2) is 4.90. The van der Waals surface area contributed by atoms with Gasteiger partial charge in [-0.3, -0.25) is 0 Å². The molecule has 0 bridgehead atoms. The van der Waals surface area contributed by atoms with Gasteiger partial charge in [0.05, 0.1) is 0 Å². The van der Waals surface area contributed by atoms with Gasteiger partial charge < -0.3 is 10.8 Å². The maximum atomic E-state index is 10.6. The minimum Gasteiger partial charge on any atom is -0.479 e. The Morgan fingerprint density at radius 2 is 2.36 bits per heavy atom. The van der Waals surface area contributed by atoms with Crippen LogP contribution in [0.5, 0.6) is 0 Å². The molecule has 0 spiro atoms. The summed E-state index contributed by atoms with van der Waals surface area (Å²) in [7, 11) is 0. The van der Waals surface area contributed by atoms with E-state index in [-0.39, 0.29) is 5.75 Å². The molecule has 66 valence electrons. The van der Waals surface area contributed by atoms with Gasteiger partial charge in [0.25, 0.3) is 0 Å². The maximum Gasteiger partial charge on any atom is 0.335 e. The zero-order chi connectivity index (χ0) is 8.91. The van der Waals surface area contributed by atoms with Crippen LogP contribution in [0.15, 0.2) is 0 Å². The van der Waals surface area contributed by atoms with Crippen LogP contribution < -0.4 is 5.73 Å². The molecule has 0 aromatic carbocycles. The van der Waals surface area contributed by atoms with Crippen LogP contribution in [0, 0.1) is 0 Å². The summed E-state index contributed by atoms with van der Waals surface area (Å²) in [5.41, 5.74) is 5.51. The van der Waals surface area contributed by atoms with Crippen molar-refractivity contribution in [3.05, 3.63) is 0 Å². The first-order valence-corrected chi connectivity index (χ1v) is 4.95. The third kappa shape index (κ3) is 3.35. The molecule has 5 heteroatoms. The monoisotopic (exact) mass is 195 g/mol. The van der Waals surface area contributed by atoms with Crippen molar-refractivity contribution in [3.8, 4) is 0 Å². The van der Waals surface area contributed by atoms with Gasteiger partial charge in [-0.2, -0.15) is 12.6 Å². The fraction of sp³-hybridized carbons (Fsp3) is 0.833. The lowest BCUT2D eigenvalue weighted by Gasteiger charge is -2.20. The Bertz CT molecular complexity index is 143. The van der Waals surface area contributed by atoms with Crippen LogP contribution >= 0.6 is 24.4 Å². The molecule has 0 amide bonds. The lowest BCUT2D eigenvalue weighted by atomic mass is 10.4. The maximum absolute atomic E-state index is 10.6. The first-order chi connectivity index (χ1) is 5.06. The van der Waals surface area contributed by atoms with Crippen molar-refractivity contribution < 1.29 is 9.90 Å². The minimum absolute atomic E-state index is 0.160. The van der Waals surface area contributed by atoms with E-state index in [4.69, 9.17) is 10.8 Å². The summed E-state index contributed by atoms with van der Waals surface area (Å²) < 4.78 is 0. The second-order valence-corrected chi connectivity index (χ2v) is 3.94. The van der Waals surface area contributed by atoms with Gasteiger partial charge in [0.2, 0.25) is 0 Å². The van der Waals surface area contributed by atoms with Crippen molar-refractivity contribution >= 4 is 30.4 Å². The standard InChI is InChI=1S/C6H13NO2S2/c1-2-3-11-6(7,4-10)5(8)9/h10H,2-4,7H2,1H3,(H,8,9). The molecule has 0 aromatic heterocycles. The van der Waals surface area contributed by atoms with E-state index in [1.807, 2.05) is 6.92 Å². The zero-order valence-corrected chi connectivity index (χ0v) is 8.12. The second-order valence-electron chi connectivity index (χ2n) is 2.20. The molecule has 3 nitrogen and oxygen atoms in total. The fourth-order valence-electron chi connectivity index (χ4n) is 0.459. The average Bonchev–Trinajstić information content (AvgIpc) is 2.00. The van der Waals surface area contributed by atoms with Gasteiger partial charge in [-0.15, -0.1) is 11.8 Å². The van der Waals surface area contributed by atoms with Crippen LogP contribution in [0.2, 0.25) is 0 Å². The molecule has 0 heterocycles. The molecule has 0 saturated carbocycles. The zero-order valence-electron chi connectivity index (χ0n) is 6.41. The summed E-state index contributed by atoms with van der Waals surface area (Å²) in [5, 5.41) is 8.66. The fourth-order valence-corrected chi connectivity index (χ4v) is 1.65. The topological polar surface area (TPSA) is 63.3 Å². The molecule has 3 N–H and O–H groups in total. The Labute approximate surface area is 76.1 Å². The van der Waals surface area contributed by atoms with Crippen LogP contribution in [0.25, 0.3) is 0 Å². The van der Waals surface area contributed by atoms with Crippen LogP contribution in [0.3, 0.4) is 0 Å². The molecular formula is C6H13NO2S2. The molecule has 1 unspecified atom stereocenters. The number of rotatable bonds is 5. The van der Waals surface area contributed by atoms with Gasteiger partial charge in [-0.05, 0) is 12.2 Å². The molecule has 0 rings (SSSR count). The molecule has 1 atom stereocenters. The van der Waals surface area contributed by atoms with Crippen molar-refractivity contribution in [2.24, 2.45) is 5.73 Å². The normalized spacial score (nSPS) is 15.9. The number of carbonyl (C=O) groups is 1. The van der Waals surface area contributed by atoms with Gasteiger partial charge in [-0.25, -0.2) is 4.79 Å². The highest BCUT2D eigenvalue weighted by Gasteiger charge is 2.32. The van der Waals surface area contributed by atoms with Crippen molar-refractivity contribution in [3.63, 3.8) is 0 Å². The Morgan fingerprint density at radius 3 is 2.64 bits per heavy atom. The molecule has 0 aromatic rings.